The second kappa shape index (κ2) is 10.2. The molecular formula is C29H43NO3. The maximum atomic E-state index is 13.4. The molecule has 0 radical (unpaired) electrons. The van der Waals surface area contributed by atoms with E-state index in [4.69, 9.17) is 5.73 Å². The molecule has 4 nitrogen and oxygen atoms in total. The highest BCUT2D eigenvalue weighted by molar-refractivity contribution is 5.92. The van der Waals surface area contributed by atoms with Crippen LogP contribution < -0.4 is 5.73 Å². The van der Waals surface area contributed by atoms with E-state index in [1.165, 1.54) is 0 Å². The molecule has 0 aromatic heterocycles. The first-order valence-electron chi connectivity index (χ1n) is 12.2. The molecule has 2 rings (SSSR count). The Morgan fingerprint density at radius 2 is 1.18 bits per heavy atom. The van der Waals surface area contributed by atoms with E-state index in [9.17, 15) is 15.0 Å². The summed E-state index contributed by atoms with van der Waals surface area (Å²) in [5.74, 6) is -0.507. The molecule has 1 amide bonds. The summed E-state index contributed by atoms with van der Waals surface area (Å²) in [7, 11) is 0. The molecule has 0 heterocycles. The number of hydrogen-bond donors (Lipinski definition) is 3. The van der Waals surface area contributed by atoms with Gasteiger partial charge in [-0.1, -0.05) is 105 Å². The van der Waals surface area contributed by atoms with Crippen molar-refractivity contribution in [3.05, 3.63) is 58.7 Å². The second-order valence-electron chi connectivity index (χ2n) is 11.4. The Morgan fingerprint density at radius 3 is 1.55 bits per heavy atom. The number of nitrogens with two attached hydrogens (primary N) is 1. The molecule has 4 N–H and O–H groups in total. The molecule has 2 aromatic carbocycles. The van der Waals surface area contributed by atoms with Gasteiger partial charge in [-0.05, 0) is 40.5 Å². The average molecular weight is 454 g/mol. The van der Waals surface area contributed by atoms with Gasteiger partial charge < -0.3 is 15.9 Å². The maximum Gasteiger partial charge on any atom is 0.232 e. The van der Waals surface area contributed by atoms with Crippen molar-refractivity contribution in [2.75, 3.05) is 0 Å². The number of phenolic OH excluding ortho intramolecular Hbond substituents is 2. The molecule has 0 aliphatic heterocycles. The Morgan fingerprint density at radius 1 is 0.758 bits per heavy atom. The molecule has 0 spiro atoms. The number of amides is 1. The van der Waals surface area contributed by atoms with E-state index in [0.29, 0.717) is 17.5 Å². The molecule has 0 unspecified atom stereocenters. The fraction of sp³-hybridized carbons (Fsp3) is 0.552. The van der Waals surface area contributed by atoms with Crippen LogP contribution in [0.5, 0.6) is 11.5 Å². The number of unbranched alkanes of at least 4 members (excludes halogenated alkanes) is 4. The standard InChI is InChI=1S/C29H43NO3/c1-8-9-10-11-12-17-29(26(30)33,22-18-20(27(2,3)4)13-15-24(22)31)23-19-21(28(5,6)7)14-16-25(23)32/h13-16,18-19,31-32H,8-12,17H2,1-7H3,(H2,30,33). The molecule has 0 saturated heterocycles. The molecule has 182 valence electrons. The SMILES string of the molecule is CCCCCCCC(C(N)=O)(c1cc(C(C)(C)C)ccc1O)c1cc(C(C)(C)C)ccc1O. The summed E-state index contributed by atoms with van der Waals surface area (Å²) in [6, 6.07) is 10.9. The highest BCUT2D eigenvalue weighted by Crippen LogP contribution is 2.47. The Bertz CT molecular complexity index is 900. The Balaban J connectivity index is 2.81. The van der Waals surface area contributed by atoms with Crippen molar-refractivity contribution in [3.8, 4) is 11.5 Å². The van der Waals surface area contributed by atoms with Gasteiger partial charge in [0.25, 0.3) is 0 Å². The zero-order valence-electron chi connectivity index (χ0n) is 21.6. The third-order valence-corrected chi connectivity index (χ3v) is 6.72. The molecule has 0 aliphatic rings. The minimum Gasteiger partial charge on any atom is -0.508 e. The zero-order chi connectivity index (χ0) is 25.0. The first kappa shape index (κ1) is 26.8. The van der Waals surface area contributed by atoms with Gasteiger partial charge in [0.05, 0.1) is 0 Å². The van der Waals surface area contributed by atoms with Crippen LogP contribution in [-0.2, 0) is 21.0 Å². The number of carbonyl (C=O) groups is 1. The maximum absolute atomic E-state index is 13.4. The molecule has 0 fully saturated rings. The lowest BCUT2D eigenvalue weighted by Gasteiger charge is -2.35. The van der Waals surface area contributed by atoms with Gasteiger partial charge in [0.2, 0.25) is 5.91 Å². The van der Waals surface area contributed by atoms with Gasteiger partial charge in [0.15, 0.2) is 0 Å². The van der Waals surface area contributed by atoms with Gasteiger partial charge in [-0.25, -0.2) is 0 Å². The minimum atomic E-state index is -1.33. The first-order valence-corrected chi connectivity index (χ1v) is 12.2. The molecule has 2 aromatic rings. The van der Waals surface area contributed by atoms with Crippen molar-refractivity contribution in [2.24, 2.45) is 5.73 Å². The third kappa shape index (κ3) is 5.90. The summed E-state index contributed by atoms with van der Waals surface area (Å²) in [6.45, 7) is 14.7. The molecular weight excluding hydrogens is 410 g/mol. The van der Waals surface area contributed by atoms with Gasteiger partial charge >= 0.3 is 0 Å². The molecule has 0 atom stereocenters. The molecule has 33 heavy (non-hydrogen) atoms. The lowest BCUT2D eigenvalue weighted by atomic mass is 9.67. The van der Waals surface area contributed by atoms with E-state index in [0.717, 1.165) is 43.2 Å². The predicted octanol–water partition coefficient (Wildman–Crippen LogP) is 6.82. The van der Waals surface area contributed by atoms with Crippen LogP contribution in [0.15, 0.2) is 36.4 Å². The average Bonchev–Trinajstić information content (AvgIpc) is 2.70. The van der Waals surface area contributed by atoms with Gasteiger partial charge in [-0.15, -0.1) is 0 Å². The number of hydrogen-bond acceptors (Lipinski definition) is 3. The van der Waals surface area contributed by atoms with Crippen LogP contribution in [0.4, 0.5) is 0 Å². The molecule has 4 heteroatoms. The smallest absolute Gasteiger partial charge is 0.232 e. The minimum absolute atomic E-state index is 0.0240. The molecule has 0 bridgehead atoms. The number of rotatable bonds is 9. The third-order valence-electron chi connectivity index (χ3n) is 6.72. The summed E-state index contributed by atoms with van der Waals surface area (Å²) in [4.78, 5) is 13.4. The summed E-state index contributed by atoms with van der Waals surface area (Å²) in [5, 5.41) is 22.0. The largest absolute Gasteiger partial charge is 0.508 e. The van der Waals surface area contributed by atoms with E-state index >= 15 is 0 Å². The lowest BCUT2D eigenvalue weighted by molar-refractivity contribution is -0.122. The number of phenols is 2. The van der Waals surface area contributed by atoms with Crippen molar-refractivity contribution in [1.29, 1.82) is 0 Å². The van der Waals surface area contributed by atoms with Crippen LogP contribution in [0.2, 0.25) is 0 Å². The normalized spacial score (nSPS) is 12.7. The quantitative estimate of drug-likeness (QED) is 0.364. The molecule has 0 aliphatic carbocycles. The van der Waals surface area contributed by atoms with Gasteiger partial charge in [-0.2, -0.15) is 0 Å². The number of primary amides is 1. The van der Waals surface area contributed by atoms with E-state index in [-0.39, 0.29) is 22.3 Å². The summed E-state index contributed by atoms with van der Waals surface area (Å²) in [6.07, 6.45) is 5.49. The van der Waals surface area contributed by atoms with Crippen LogP contribution in [0.1, 0.15) is 109 Å². The highest BCUT2D eigenvalue weighted by Gasteiger charge is 2.44. The number of carbonyl (C=O) groups excluding carboxylic acids is 1. The van der Waals surface area contributed by atoms with Gasteiger partial charge in [0, 0.05) is 11.1 Å². The predicted molar refractivity (Wildman–Crippen MR) is 137 cm³/mol. The van der Waals surface area contributed by atoms with Crippen LogP contribution in [-0.4, -0.2) is 16.1 Å². The van der Waals surface area contributed by atoms with Crippen molar-refractivity contribution < 1.29 is 15.0 Å². The fourth-order valence-corrected chi connectivity index (χ4v) is 4.49. The number of aromatic hydroxyl groups is 2. The van der Waals surface area contributed by atoms with Gasteiger partial charge in [-0.3, -0.25) is 4.79 Å². The van der Waals surface area contributed by atoms with E-state index in [1.807, 2.05) is 24.3 Å². The number of benzene rings is 2. The first-order chi connectivity index (χ1) is 15.2. The zero-order valence-corrected chi connectivity index (χ0v) is 21.6. The van der Waals surface area contributed by atoms with E-state index in [1.54, 1.807) is 12.1 Å². The van der Waals surface area contributed by atoms with Crippen LogP contribution in [0, 0.1) is 0 Å². The van der Waals surface area contributed by atoms with Crippen LogP contribution in [0.25, 0.3) is 0 Å². The summed E-state index contributed by atoms with van der Waals surface area (Å²) >= 11 is 0. The highest BCUT2D eigenvalue weighted by atomic mass is 16.3. The Labute approximate surface area is 200 Å². The summed E-state index contributed by atoms with van der Waals surface area (Å²) < 4.78 is 0. The van der Waals surface area contributed by atoms with Crippen molar-refractivity contribution in [1.82, 2.24) is 0 Å². The van der Waals surface area contributed by atoms with E-state index in [2.05, 4.69) is 48.5 Å². The Kier molecular flexibility index (Phi) is 8.27. The van der Waals surface area contributed by atoms with Crippen molar-refractivity contribution >= 4 is 5.91 Å². The van der Waals surface area contributed by atoms with Crippen LogP contribution in [0.3, 0.4) is 0 Å². The fourth-order valence-electron chi connectivity index (χ4n) is 4.49. The topological polar surface area (TPSA) is 83.6 Å². The Hall–Kier alpha value is -2.49. The molecule has 0 saturated carbocycles. The van der Waals surface area contributed by atoms with Crippen molar-refractivity contribution in [2.45, 2.75) is 103 Å². The van der Waals surface area contributed by atoms with Gasteiger partial charge in [0.1, 0.15) is 16.9 Å². The monoisotopic (exact) mass is 453 g/mol. The van der Waals surface area contributed by atoms with Crippen LogP contribution >= 0.6 is 0 Å². The van der Waals surface area contributed by atoms with Crippen molar-refractivity contribution in [3.63, 3.8) is 0 Å². The second-order valence-corrected chi connectivity index (χ2v) is 11.4. The lowest BCUT2D eigenvalue weighted by Crippen LogP contribution is -2.43. The summed E-state index contributed by atoms with van der Waals surface area (Å²) in [5.41, 5.74) is 7.42. The van der Waals surface area contributed by atoms with E-state index < -0.39 is 11.3 Å².